The highest BCUT2D eigenvalue weighted by atomic mass is 16.5. The number of hydrogen-bond donors (Lipinski definition) is 1. The molecule has 0 bridgehead atoms. The lowest BCUT2D eigenvalue weighted by atomic mass is 10.1. The first-order valence-electron chi connectivity index (χ1n) is 8.93. The van der Waals surface area contributed by atoms with E-state index >= 15 is 0 Å². The van der Waals surface area contributed by atoms with Crippen molar-refractivity contribution in [1.29, 1.82) is 0 Å². The van der Waals surface area contributed by atoms with Crippen molar-refractivity contribution in [2.45, 2.75) is 52.5 Å². The summed E-state index contributed by atoms with van der Waals surface area (Å²) in [5, 5.41) is 2.80. The van der Waals surface area contributed by atoms with Gasteiger partial charge >= 0.3 is 0 Å². The Balaban J connectivity index is 2.45. The van der Waals surface area contributed by atoms with E-state index in [-0.39, 0.29) is 42.5 Å². The number of ether oxygens (including phenoxy) is 1. The lowest BCUT2D eigenvalue weighted by Crippen LogP contribution is -2.46. The minimum Gasteiger partial charge on any atom is -0.494 e. The summed E-state index contributed by atoms with van der Waals surface area (Å²) in [5.74, 6) is 0.171. The van der Waals surface area contributed by atoms with Crippen LogP contribution in [0.3, 0.4) is 0 Å². The summed E-state index contributed by atoms with van der Waals surface area (Å²) < 4.78 is 5.48. The summed E-state index contributed by atoms with van der Waals surface area (Å²) in [6, 6.07) is 6.93. The normalized spacial score (nSPS) is 11.0. The van der Waals surface area contributed by atoms with Crippen LogP contribution in [0.4, 0.5) is 0 Å². The van der Waals surface area contributed by atoms with Gasteiger partial charge in [-0.05, 0) is 51.5 Å². The Bertz CT molecular complexity index is 618. The quantitative estimate of drug-likeness (QED) is 0.686. The number of nitrogens with one attached hydrogen (secondary N) is 1. The van der Waals surface area contributed by atoms with Gasteiger partial charge in [-0.25, -0.2) is 0 Å². The third-order valence-corrected chi connectivity index (χ3v) is 3.54. The molecule has 0 aromatic heterocycles. The zero-order chi connectivity index (χ0) is 19.7. The third kappa shape index (κ3) is 8.14. The van der Waals surface area contributed by atoms with Crippen LogP contribution in [0.25, 0.3) is 0 Å². The van der Waals surface area contributed by atoms with Gasteiger partial charge in [0.25, 0.3) is 0 Å². The molecule has 0 aliphatic rings. The van der Waals surface area contributed by atoms with Crippen molar-refractivity contribution in [3.05, 3.63) is 29.8 Å². The average molecular weight is 362 g/mol. The molecule has 26 heavy (non-hydrogen) atoms. The van der Waals surface area contributed by atoms with E-state index in [4.69, 9.17) is 4.74 Å². The molecule has 0 spiro atoms. The van der Waals surface area contributed by atoms with Crippen LogP contribution in [-0.2, 0) is 9.59 Å². The van der Waals surface area contributed by atoms with Crippen LogP contribution in [0.5, 0.6) is 5.75 Å². The Labute approximate surface area is 155 Å². The van der Waals surface area contributed by atoms with Gasteiger partial charge in [-0.15, -0.1) is 0 Å². The minimum absolute atomic E-state index is 0.0201. The lowest BCUT2D eigenvalue weighted by molar-refractivity contribution is -0.135. The second-order valence-electron chi connectivity index (χ2n) is 7.34. The smallest absolute Gasteiger partial charge is 0.240 e. The van der Waals surface area contributed by atoms with Crippen molar-refractivity contribution in [2.75, 3.05) is 20.2 Å². The van der Waals surface area contributed by atoms with Gasteiger partial charge in [0.1, 0.15) is 5.75 Å². The van der Waals surface area contributed by atoms with Gasteiger partial charge < -0.3 is 15.0 Å². The molecule has 2 amide bonds. The number of carbonyl (C=O) groups excluding carboxylic acids is 3. The van der Waals surface area contributed by atoms with E-state index in [1.54, 1.807) is 31.3 Å². The molecule has 0 saturated carbocycles. The van der Waals surface area contributed by atoms with Crippen molar-refractivity contribution in [1.82, 2.24) is 10.2 Å². The molecule has 1 aromatic rings. The third-order valence-electron chi connectivity index (χ3n) is 3.54. The van der Waals surface area contributed by atoms with E-state index < -0.39 is 0 Å². The van der Waals surface area contributed by atoms with Crippen molar-refractivity contribution in [2.24, 2.45) is 0 Å². The first-order chi connectivity index (χ1) is 12.1. The Morgan fingerprint density at radius 3 is 2.23 bits per heavy atom. The molecule has 0 aliphatic heterocycles. The fraction of sp³-hybridized carbons (Fsp3) is 0.550. The molecule has 144 valence electrons. The maximum atomic E-state index is 12.2. The number of rotatable bonds is 9. The average Bonchev–Trinajstić information content (AvgIpc) is 2.56. The summed E-state index contributed by atoms with van der Waals surface area (Å²) in [6.07, 6.45) is 1.11. The Morgan fingerprint density at radius 1 is 1.08 bits per heavy atom. The molecule has 0 heterocycles. The number of benzene rings is 1. The molecule has 1 aromatic carbocycles. The first kappa shape index (κ1) is 21.7. The molecule has 0 aliphatic carbocycles. The fourth-order valence-electron chi connectivity index (χ4n) is 2.27. The van der Waals surface area contributed by atoms with Crippen LogP contribution < -0.4 is 10.1 Å². The SMILES string of the molecule is CCCOc1ccc(C(=O)CCC(=O)N(C)CC(=O)NC(C)(C)C)cc1. The molecular weight excluding hydrogens is 332 g/mol. The van der Waals surface area contributed by atoms with Gasteiger partial charge in [-0.2, -0.15) is 0 Å². The fourth-order valence-corrected chi connectivity index (χ4v) is 2.27. The standard InChI is InChI=1S/C20H30N2O4/c1-6-13-26-16-9-7-15(8-10-16)17(23)11-12-19(25)22(5)14-18(24)21-20(2,3)4/h7-10H,6,11-14H2,1-5H3,(H,21,24). The molecule has 0 radical (unpaired) electrons. The summed E-state index contributed by atoms with van der Waals surface area (Å²) in [7, 11) is 1.56. The van der Waals surface area contributed by atoms with E-state index in [0.29, 0.717) is 12.2 Å². The topological polar surface area (TPSA) is 75.7 Å². The number of likely N-dealkylation sites (N-methyl/N-ethyl adjacent to an activating group) is 1. The van der Waals surface area contributed by atoms with Crippen LogP contribution in [0, 0.1) is 0 Å². The van der Waals surface area contributed by atoms with Crippen LogP contribution in [-0.4, -0.2) is 48.2 Å². The van der Waals surface area contributed by atoms with Crippen molar-refractivity contribution >= 4 is 17.6 Å². The molecule has 6 nitrogen and oxygen atoms in total. The molecule has 0 fully saturated rings. The van der Waals surface area contributed by atoms with Gasteiger partial charge in [-0.1, -0.05) is 6.92 Å². The maximum absolute atomic E-state index is 12.2. The van der Waals surface area contributed by atoms with Gasteiger partial charge in [0, 0.05) is 31.0 Å². The minimum atomic E-state index is -0.343. The number of hydrogen-bond acceptors (Lipinski definition) is 4. The molecule has 6 heteroatoms. The van der Waals surface area contributed by atoms with Crippen LogP contribution in [0.2, 0.25) is 0 Å². The molecule has 1 N–H and O–H groups in total. The molecule has 0 unspecified atom stereocenters. The van der Waals surface area contributed by atoms with E-state index in [1.165, 1.54) is 4.90 Å². The zero-order valence-corrected chi connectivity index (χ0v) is 16.4. The Hall–Kier alpha value is -2.37. The lowest BCUT2D eigenvalue weighted by Gasteiger charge is -2.23. The van der Waals surface area contributed by atoms with Crippen molar-refractivity contribution in [3.63, 3.8) is 0 Å². The summed E-state index contributed by atoms with van der Waals surface area (Å²) in [5.41, 5.74) is 0.207. The highest BCUT2D eigenvalue weighted by molar-refractivity contribution is 5.98. The highest BCUT2D eigenvalue weighted by Crippen LogP contribution is 2.14. The van der Waals surface area contributed by atoms with E-state index in [1.807, 2.05) is 27.7 Å². The van der Waals surface area contributed by atoms with Gasteiger partial charge in [0.2, 0.25) is 11.8 Å². The van der Waals surface area contributed by atoms with Crippen LogP contribution in [0.1, 0.15) is 57.3 Å². The summed E-state index contributed by atoms with van der Waals surface area (Å²) in [4.78, 5) is 37.5. The summed E-state index contributed by atoms with van der Waals surface area (Å²) in [6.45, 7) is 8.28. The van der Waals surface area contributed by atoms with Crippen molar-refractivity contribution in [3.8, 4) is 5.75 Å². The van der Waals surface area contributed by atoms with Crippen LogP contribution >= 0.6 is 0 Å². The van der Waals surface area contributed by atoms with E-state index in [0.717, 1.165) is 12.2 Å². The van der Waals surface area contributed by atoms with E-state index in [2.05, 4.69) is 5.32 Å². The highest BCUT2D eigenvalue weighted by Gasteiger charge is 2.18. The van der Waals surface area contributed by atoms with Gasteiger partial charge in [-0.3, -0.25) is 14.4 Å². The van der Waals surface area contributed by atoms with E-state index in [9.17, 15) is 14.4 Å². The molecular formula is C20H30N2O4. The zero-order valence-electron chi connectivity index (χ0n) is 16.4. The molecule has 0 saturated heterocycles. The number of ketones is 1. The maximum Gasteiger partial charge on any atom is 0.240 e. The second-order valence-corrected chi connectivity index (χ2v) is 7.34. The number of Topliss-reactive ketones (excluding diaryl/α,β-unsaturated/α-hetero) is 1. The predicted molar refractivity (Wildman–Crippen MR) is 101 cm³/mol. The Morgan fingerprint density at radius 2 is 1.69 bits per heavy atom. The number of amides is 2. The Kier molecular flexibility index (Phi) is 8.29. The molecule has 0 atom stereocenters. The summed E-state index contributed by atoms with van der Waals surface area (Å²) >= 11 is 0. The molecule has 1 rings (SSSR count). The number of carbonyl (C=O) groups is 3. The van der Waals surface area contributed by atoms with Gasteiger partial charge in [0.15, 0.2) is 5.78 Å². The van der Waals surface area contributed by atoms with Gasteiger partial charge in [0.05, 0.1) is 13.2 Å². The van der Waals surface area contributed by atoms with Crippen molar-refractivity contribution < 1.29 is 19.1 Å². The number of nitrogens with zero attached hydrogens (tertiary/aromatic N) is 1. The van der Waals surface area contributed by atoms with Crippen LogP contribution in [0.15, 0.2) is 24.3 Å². The predicted octanol–water partition coefficient (Wildman–Crippen LogP) is 2.81. The first-order valence-corrected chi connectivity index (χ1v) is 8.93. The largest absolute Gasteiger partial charge is 0.494 e. The second kappa shape index (κ2) is 9.94. The monoisotopic (exact) mass is 362 g/mol.